The number of benzene rings is 3. The van der Waals surface area contributed by atoms with Crippen LogP contribution >= 0.6 is 0 Å². The largest absolute Gasteiger partial charge is 0.573 e. The van der Waals surface area contributed by atoms with Gasteiger partial charge in [-0.05, 0) is 65.7 Å². The summed E-state index contributed by atoms with van der Waals surface area (Å²) in [7, 11) is 1.84. The maximum atomic E-state index is 12.5. The van der Waals surface area contributed by atoms with Crippen molar-refractivity contribution in [1.82, 2.24) is 9.97 Å². The average Bonchev–Trinajstić information content (AvgIpc) is 2.90. The Kier molecular flexibility index (Phi) is 8.97. The number of anilines is 5. The maximum absolute atomic E-state index is 12.5. The Bertz CT molecular complexity index is 1470. The Morgan fingerprint density at radius 1 is 0.925 bits per heavy atom. The number of ether oxygens (including phenoxy) is 1. The smallest absolute Gasteiger partial charge is 0.406 e. The molecule has 3 N–H and O–H groups in total. The highest BCUT2D eigenvalue weighted by atomic mass is 32.2. The highest BCUT2D eigenvalue weighted by molar-refractivity contribution is 7.80. The minimum absolute atomic E-state index is 0.0782. The van der Waals surface area contributed by atoms with Crippen LogP contribution in [-0.2, 0) is 28.9 Å². The number of nitrogens with zero attached hydrogens (tertiary/aromatic N) is 3. The van der Waals surface area contributed by atoms with Crippen LogP contribution in [0.2, 0.25) is 0 Å². The molecule has 40 heavy (non-hydrogen) atoms. The van der Waals surface area contributed by atoms with E-state index in [-0.39, 0.29) is 24.4 Å². The fraction of sp³-hybridized carbons (Fsp3) is 0.148. The molecule has 0 saturated carbocycles. The minimum Gasteiger partial charge on any atom is -0.406 e. The summed E-state index contributed by atoms with van der Waals surface area (Å²) in [6.45, 7) is 0. The van der Waals surface area contributed by atoms with Crippen LogP contribution in [-0.4, -0.2) is 37.9 Å². The number of carbonyl (C=O) groups is 1. The van der Waals surface area contributed by atoms with Crippen LogP contribution in [0.4, 0.5) is 42.0 Å². The first-order valence-electron chi connectivity index (χ1n) is 11.8. The second-order valence-corrected chi connectivity index (χ2v) is 9.30. The molecule has 4 rings (SSSR count). The van der Waals surface area contributed by atoms with Gasteiger partial charge in [-0.1, -0.05) is 24.3 Å². The zero-order valence-electron chi connectivity index (χ0n) is 21.1. The van der Waals surface area contributed by atoms with Crippen LogP contribution < -0.4 is 19.7 Å². The van der Waals surface area contributed by atoms with Gasteiger partial charge >= 0.3 is 6.36 Å². The average molecular weight is 572 g/mol. The molecule has 0 aliphatic rings. The molecule has 0 aliphatic carbocycles. The summed E-state index contributed by atoms with van der Waals surface area (Å²) < 4.78 is 62.9. The third-order valence-electron chi connectivity index (χ3n) is 5.61. The highest BCUT2D eigenvalue weighted by Crippen LogP contribution is 2.25. The van der Waals surface area contributed by atoms with Crippen LogP contribution in [0.3, 0.4) is 0 Å². The Hall–Kier alpha value is -4.49. The van der Waals surface area contributed by atoms with Crippen LogP contribution in [0.1, 0.15) is 11.1 Å². The molecule has 0 fully saturated rings. The van der Waals surface area contributed by atoms with Crippen molar-refractivity contribution in [3.8, 4) is 5.75 Å². The summed E-state index contributed by atoms with van der Waals surface area (Å²) in [6, 6.07) is 21.1. The fourth-order valence-electron chi connectivity index (χ4n) is 3.74. The van der Waals surface area contributed by atoms with Gasteiger partial charge in [0.15, 0.2) is 0 Å². The first kappa shape index (κ1) is 28.5. The second-order valence-electron chi connectivity index (χ2n) is 8.60. The molecule has 4 aromatic rings. The molecule has 13 heteroatoms. The van der Waals surface area contributed by atoms with E-state index in [1.807, 2.05) is 36.2 Å². The summed E-state index contributed by atoms with van der Waals surface area (Å²) in [4.78, 5) is 23.1. The van der Waals surface area contributed by atoms with Gasteiger partial charge in [0.05, 0.1) is 0 Å². The quantitative estimate of drug-likeness (QED) is 0.194. The molecule has 1 atom stereocenters. The number of ketones is 1. The Labute approximate surface area is 230 Å². The van der Waals surface area contributed by atoms with E-state index in [2.05, 4.69) is 24.7 Å². The molecule has 1 aromatic heterocycles. The van der Waals surface area contributed by atoms with E-state index in [9.17, 15) is 22.2 Å². The molecular formula is C27H24F3N5O4S. The maximum Gasteiger partial charge on any atom is 0.573 e. The third-order valence-corrected chi connectivity index (χ3v) is 6.02. The van der Waals surface area contributed by atoms with Gasteiger partial charge in [0.25, 0.3) is 11.3 Å². The van der Waals surface area contributed by atoms with Crippen molar-refractivity contribution in [2.45, 2.75) is 19.2 Å². The van der Waals surface area contributed by atoms with Gasteiger partial charge in [-0.15, -0.1) is 13.2 Å². The van der Waals surface area contributed by atoms with E-state index >= 15 is 0 Å². The van der Waals surface area contributed by atoms with E-state index < -0.39 is 17.6 Å². The molecule has 9 nitrogen and oxygen atoms in total. The predicted molar refractivity (Wildman–Crippen MR) is 146 cm³/mol. The van der Waals surface area contributed by atoms with Crippen molar-refractivity contribution >= 4 is 45.9 Å². The molecular weight excluding hydrogens is 547 g/mol. The van der Waals surface area contributed by atoms with Gasteiger partial charge in [-0.25, -0.2) is 9.19 Å². The predicted octanol–water partition coefficient (Wildman–Crippen LogP) is 5.79. The fourth-order valence-corrected chi connectivity index (χ4v) is 4.08. The van der Waals surface area contributed by atoms with Crippen molar-refractivity contribution < 1.29 is 31.5 Å². The lowest BCUT2D eigenvalue weighted by Gasteiger charge is -2.19. The molecule has 0 bridgehead atoms. The zero-order valence-corrected chi connectivity index (χ0v) is 21.9. The van der Waals surface area contributed by atoms with Crippen LogP contribution in [0, 0.1) is 0 Å². The topological polar surface area (TPSA) is 117 Å². The summed E-state index contributed by atoms with van der Waals surface area (Å²) in [5, 5.41) is 3.09. The number of rotatable bonds is 11. The summed E-state index contributed by atoms with van der Waals surface area (Å²) >= 11 is -2.15. The van der Waals surface area contributed by atoms with Crippen molar-refractivity contribution in [3.05, 3.63) is 96.2 Å². The molecule has 1 heterocycles. The Balaban J connectivity index is 1.33. The van der Waals surface area contributed by atoms with Crippen LogP contribution in [0.5, 0.6) is 5.75 Å². The molecule has 0 amide bonds. The summed E-state index contributed by atoms with van der Waals surface area (Å²) in [6.07, 6.45) is -2.89. The van der Waals surface area contributed by atoms with Crippen LogP contribution in [0.25, 0.3) is 0 Å². The third kappa shape index (κ3) is 8.51. The number of halogens is 3. The Morgan fingerprint density at radius 2 is 1.50 bits per heavy atom. The van der Waals surface area contributed by atoms with Crippen molar-refractivity contribution in [2.75, 3.05) is 22.0 Å². The van der Waals surface area contributed by atoms with Gasteiger partial charge in [0.2, 0.25) is 5.95 Å². The first-order valence-corrected chi connectivity index (χ1v) is 12.9. The second kappa shape index (κ2) is 12.6. The molecule has 3 aromatic carbocycles. The van der Waals surface area contributed by atoms with Crippen LogP contribution in [0.15, 0.2) is 85.1 Å². The van der Waals surface area contributed by atoms with E-state index in [4.69, 9.17) is 4.55 Å². The number of hydrogen-bond acceptors (Lipinski definition) is 7. The molecule has 0 spiro atoms. The number of hydrogen-bond donors (Lipinski definition) is 3. The zero-order chi connectivity index (χ0) is 28.7. The van der Waals surface area contributed by atoms with Gasteiger partial charge < -0.3 is 15.0 Å². The minimum atomic E-state index is -4.76. The number of aromatic nitrogens is 2. The van der Waals surface area contributed by atoms with Gasteiger partial charge in [0, 0.05) is 43.1 Å². The van der Waals surface area contributed by atoms with Gasteiger partial charge in [0.1, 0.15) is 17.4 Å². The standard InChI is InChI=1S/C27H24F3N5O4S/c1-35(25-14-15-31-26(33-25)32-20-6-8-21(9-7-20)34-40(37)38)22-10-2-18(3-11-22)16-23(36)17-19-4-12-24(13-5-19)39-27(28,29)30/h2-15,34H,16-17H2,1H3,(H,37,38)(H,31,32,33). The molecule has 0 saturated heterocycles. The lowest BCUT2D eigenvalue weighted by molar-refractivity contribution is -0.274. The normalized spacial score (nSPS) is 11.9. The summed E-state index contributed by atoms with van der Waals surface area (Å²) in [5.74, 6) is 0.565. The number of alkyl halides is 3. The lowest BCUT2D eigenvalue weighted by atomic mass is 10.0. The molecule has 0 radical (unpaired) electrons. The first-order chi connectivity index (χ1) is 19.0. The van der Waals surface area contributed by atoms with E-state index in [0.717, 1.165) is 11.3 Å². The Morgan fingerprint density at radius 3 is 2.08 bits per heavy atom. The van der Waals surface area contributed by atoms with Crippen molar-refractivity contribution in [1.29, 1.82) is 0 Å². The molecule has 208 valence electrons. The van der Waals surface area contributed by atoms with Crippen molar-refractivity contribution in [2.24, 2.45) is 0 Å². The highest BCUT2D eigenvalue weighted by Gasteiger charge is 2.31. The van der Waals surface area contributed by atoms with E-state index in [0.29, 0.717) is 28.7 Å². The number of Topliss-reactive ketones (excluding diaryl/α,β-unsaturated/α-hetero) is 1. The lowest BCUT2D eigenvalue weighted by Crippen LogP contribution is -2.17. The number of nitrogens with one attached hydrogen (secondary N) is 2. The van der Waals surface area contributed by atoms with E-state index in [1.165, 1.54) is 24.3 Å². The SMILES string of the molecule is CN(c1ccc(CC(=O)Cc2ccc(OC(F)(F)F)cc2)cc1)c1ccnc(Nc2ccc(NS(=O)O)cc2)n1. The molecule has 0 aliphatic heterocycles. The van der Waals surface area contributed by atoms with Gasteiger partial charge in [-0.3, -0.25) is 14.1 Å². The molecule has 1 unspecified atom stereocenters. The summed E-state index contributed by atoms with van der Waals surface area (Å²) in [5.41, 5.74) is 3.40. The number of carbonyl (C=O) groups excluding carboxylic acids is 1. The van der Waals surface area contributed by atoms with Gasteiger partial charge in [-0.2, -0.15) is 4.98 Å². The van der Waals surface area contributed by atoms with E-state index in [1.54, 1.807) is 36.5 Å². The monoisotopic (exact) mass is 571 g/mol. The van der Waals surface area contributed by atoms with Crippen molar-refractivity contribution in [3.63, 3.8) is 0 Å².